The van der Waals surface area contributed by atoms with E-state index in [1.807, 2.05) is 62.4 Å². The van der Waals surface area contributed by atoms with Crippen LogP contribution in [0.5, 0.6) is 0 Å². The van der Waals surface area contributed by atoms with E-state index in [4.69, 9.17) is 11.6 Å². The van der Waals surface area contributed by atoms with Crippen molar-refractivity contribution in [3.05, 3.63) is 130 Å². The Morgan fingerprint density at radius 3 is 2.09 bits per heavy atom. The van der Waals surface area contributed by atoms with Crippen LogP contribution in [0.1, 0.15) is 47.9 Å². The Morgan fingerprint density at radius 2 is 1.46 bits per heavy atom. The molecule has 0 aromatic heterocycles. The van der Waals surface area contributed by atoms with Crippen molar-refractivity contribution in [3.63, 3.8) is 0 Å². The number of nitrogens with one attached hydrogen (secondary N) is 1. The van der Waals surface area contributed by atoms with E-state index in [1.165, 1.54) is 17.0 Å². The zero-order chi connectivity index (χ0) is 32.7. The van der Waals surface area contributed by atoms with E-state index >= 15 is 0 Å². The summed E-state index contributed by atoms with van der Waals surface area (Å²) in [4.78, 5) is 30.3. The number of carbonyl (C=O) groups excluding carboxylic acids is 2. The van der Waals surface area contributed by atoms with E-state index < -0.39 is 28.5 Å². The van der Waals surface area contributed by atoms with Crippen molar-refractivity contribution in [1.82, 2.24) is 10.2 Å². The molecule has 1 fully saturated rings. The number of halogens is 1. The minimum absolute atomic E-state index is 0.0451. The zero-order valence-electron chi connectivity index (χ0n) is 26.2. The number of hydrogen-bond donors (Lipinski definition) is 1. The van der Waals surface area contributed by atoms with E-state index in [2.05, 4.69) is 5.32 Å². The van der Waals surface area contributed by atoms with E-state index in [-0.39, 0.29) is 29.8 Å². The molecule has 9 heteroatoms. The highest BCUT2D eigenvalue weighted by Crippen LogP contribution is 2.27. The van der Waals surface area contributed by atoms with Gasteiger partial charge in [-0.25, -0.2) is 8.42 Å². The lowest BCUT2D eigenvalue weighted by atomic mass is 10.0. The summed E-state index contributed by atoms with van der Waals surface area (Å²) in [5, 5.41) is 3.75. The van der Waals surface area contributed by atoms with Crippen molar-refractivity contribution >= 4 is 39.1 Å². The van der Waals surface area contributed by atoms with Crippen molar-refractivity contribution in [2.45, 2.75) is 69.5 Å². The minimum Gasteiger partial charge on any atom is -0.352 e. The summed E-state index contributed by atoms with van der Waals surface area (Å²) in [5.74, 6) is -0.739. The summed E-state index contributed by atoms with van der Waals surface area (Å²) in [7, 11) is -4.15. The first-order chi connectivity index (χ1) is 22.1. The number of nitrogens with zero attached hydrogens (tertiary/aromatic N) is 2. The predicted molar refractivity (Wildman–Crippen MR) is 183 cm³/mol. The maximum Gasteiger partial charge on any atom is 0.264 e. The van der Waals surface area contributed by atoms with Gasteiger partial charge < -0.3 is 10.2 Å². The van der Waals surface area contributed by atoms with Crippen LogP contribution in [-0.2, 0) is 32.6 Å². The molecule has 7 nitrogen and oxygen atoms in total. The van der Waals surface area contributed by atoms with Gasteiger partial charge in [0.05, 0.1) is 10.6 Å². The molecule has 5 rings (SSSR count). The van der Waals surface area contributed by atoms with Gasteiger partial charge in [0.15, 0.2) is 0 Å². The highest BCUT2D eigenvalue weighted by molar-refractivity contribution is 7.92. The number of benzene rings is 4. The number of hydrogen-bond acceptors (Lipinski definition) is 4. The molecule has 1 atom stereocenters. The molecule has 0 bridgehead atoms. The first kappa shape index (κ1) is 33.2. The second-order valence-corrected chi connectivity index (χ2v) is 14.2. The summed E-state index contributed by atoms with van der Waals surface area (Å²) in [6.07, 6.45) is 4.15. The quantitative estimate of drug-likeness (QED) is 0.181. The van der Waals surface area contributed by atoms with Gasteiger partial charge >= 0.3 is 0 Å². The van der Waals surface area contributed by atoms with E-state index in [0.29, 0.717) is 10.7 Å². The van der Waals surface area contributed by atoms with Crippen LogP contribution in [-0.4, -0.2) is 43.8 Å². The minimum atomic E-state index is -4.15. The van der Waals surface area contributed by atoms with Gasteiger partial charge in [0.25, 0.3) is 10.0 Å². The monoisotopic (exact) mass is 657 g/mol. The summed E-state index contributed by atoms with van der Waals surface area (Å²) >= 11 is 6.18. The number of carbonyl (C=O) groups is 2. The largest absolute Gasteiger partial charge is 0.352 e. The van der Waals surface area contributed by atoms with Crippen molar-refractivity contribution in [3.8, 4) is 0 Å². The fourth-order valence-electron chi connectivity index (χ4n) is 5.84. The predicted octanol–water partition coefficient (Wildman–Crippen LogP) is 6.85. The van der Waals surface area contributed by atoms with Crippen LogP contribution in [0.4, 0.5) is 5.69 Å². The average Bonchev–Trinajstić information content (AvgIpc) is 3.57. The molecule has 1 N–H and O–H groups in total. The van der Waals surface area contributed by atoms with Gasteiger partial charge in [-0.15, -0.1) is 0 Å². The third-order valence-electron chi connectivity index (χ3n) is 8.63. The molecule has 0 aliphatic heterocycles. The van der Waals surface area contributed by atoms with Crippen LogP contribution in [0, 0.1) is 13.8 Å². The Kier molecular flexibility index (Phi) is 10.8. The van der Waals surface area contributed by atoms with Gasteiger partial charge in [0.2, 0.25) is 11.8 Å². The van der Waals surface area contributed by atoms with E-state index in [1.54, 1.807) is 42.5 Å². The molecule has 0 heterocycles. The first-order valence-corrected chi connectivity index (χ1v) is 17.5. The Morgan fingerprint density at radius 1 is 0.826 bits per heavy atom. The Balaban J connectivity index is 1.57. The summed E-state index contributed by atoms with van der Waals surface area (Å²) in [6.45, 7) is 3.46. The van der Waals surface area contributed by atoms with Crippen LogP contribution in [0.15, 0.2) is 108 Å². The standard InChI is InChI=1S/C37H40ClN3O4S/c1-27-17-22-33(23-28(27)2)41(46(44,45)34-15-7-4-8-16-34)26-36(42)40(25-30-18-20-31(38)21-19-30)35(24-29-11-5-3-6-12-29)37(43)39-32-13-9-10-14-32/h3-8,11-12,15-23,32,35H,9-10,13-14,24-26H2,1-2H3,(H,39,43)/t35-/m0/s1. The molecule has 1 aliphatic rings. The van der Waals surface area contributed by atoms with Crippen LogP contribution in [0.25, 0.3) is 0 Å². The lowest BCUT2D eigenvalue weighted by Crippen LogP contribution is -2.54. The maximum absolute atomic E-state index is 14.6. The SMILES string of the molecule is Cc1ccc(N(CC(=O)N(Cc2ccc(Cl)cc2)[C@@H](Cc2ccccc2)C(=O)NC2CCCC2)S(=O)(=O)c2ccccc2)cc1C. The first-order valence-electron chi connectivity index (χ1n) is 15.6. The number of sulfonamides is 1. The van der Waals surface area contributed by atoms with Crippen LogP contribution < -0.4 is 9.62 Å². The molecular weight excluding hydrogens is 618 g/mol. The number of rotatable bonds is 12. The summed E-state index contributed by atoms with van der Waals surface area (Å²) in [6, 6.07) is 29.3. The molecule has 1 aliphatic carbocycles. The molecule has 4 aromatic rings. The normalized spacial score (nSPS) is 14.1. The second kappa shape index (κ2) is 15.0. The van der Waals surface area contributed by atoms with E-state index in [0.717, 1.165) is 52.2 Å². The fraction of sp³-hybridized carbons (Fsp3) is 0.297. The average molecular weight is 658 g/mol. The van der Waals surface area contributed by atoms with Gasteiger partial charge in [-0.05, 0) is 85.3 Å². The van der Waals surface area contributed by atoms with E-state index in [9.17, 15) is 18.0 Å². The Hall–Kier alpha value is -4.14. The molecule has 2 amide bonds. The number of anilines is 1. The molecule has 0 saturated heterocycles. The van der Waals surface area contributed by atoms with Crippen molar-refractivity contribution in [2.24, 2.45) is 0 Å². The maximum atomic E-state index is 14.6. The van der Waals surface area contributed by atoms with Crippen LogP contribution in [0.2, 0.25) is 5.02 Å². The third-order valence-corrected chi connectivity index (χ3v) is 10.7. The molecule has 0 radical (unpaired) electrons. The molecule has 240 valence electrons. The van der Waals surface area contributed by atoms with Crippen LogP contribution in [0.3, 0.4) is 0 Å². The second-order valence-electron chi connectivity index (χ2n) is 11.9. The summed E-state index contributed by atoms with van der Waals surface area (Å²) in [5.41, 5.74) is 3.94. The van der Waals surface area contributed by atoms with Crippen molar-refractivity contribution < 1.29 is 18.0 Å². The molecular formula is C37H40ClN3O4S. The molecule has 0 unspecified atom stereocenters. The topological polar surface area (TPSA) is 86.8 Å². The van der Waals surface area contributed by atoms with Crippen molar-refractivity contribution in [2.75, 3.05) is 10.8 Å². The van der Waals surface area contributed by atoms with Gasteiger partial charge in [-0.2, -0.15) is 0 Å². The third kappa shape index (κ3) is 8.17. The van der Waals surface area contributed by atoms with Gasteiger partial charge in [-0.3, -0.25) is 13.9 Å². The molecule has 0 spiro atoms. The highest BCUT2D eigenvalue weighted by atomic mass is 35.5. The van der Waals surface area contributed by atoms with Crippen LogP contribution >= 0.6 is 11.6 Å². The molecule has 46 heavy (non-hydrogen) atoms. The van der Waals surface area contributed by atoms with Gasteiger partial charge in [0, 0.05) is 24.0 Å². The smallest absolute Gasteiger partial charge is 0.264 e. The Bertz CT molecular complexity index is 1740. The summed E-state index contributed by atoms with van der Waals surface area (Å²) < 4.78 is 29.5. The van der Waals surface area contributed by atoms with Crippen molar-refractivity contribution in [1.29, 1.82) is 0 Å². The van der Waals surface area contributed by atoms with Gasteiger partial charge in [-0.1, -0.05) is 91.2 Å². The lowest BCUT2D eigenvalue weighted by Gasteiger charge is -2.34. The number of amides is 2. The highest BCUT2D eigenvalue weighted by Gasteiger charge is 2.35. The molecule has 4 aromatic carbocycles. The number of aryl methyl sites for hydroxylation is 2. The lowest BCUT2D eigenvalue weighted by molar-refractivity contribution is -0.140. The van der Waals surface area contributed by atoms with Gasteiger partial charge in [0.1, 0.15) is 12.6 Å². The fourth-order valence-corrected chi connectivity index (χ4v) is 7.39. The zero-order valence-corrected chi connectivity index (χ0v) is 27.8. The Labute approximate surface area is 277 Å². The molecule has 1 saturated carbocycles.